The van der Waals surface area contributed by atoms with Crippen LogP contribution in [-0.4, -0.2) is 46.0 Å². The van der Waals surface area contributed by atoms with E-state index < -0.39 is 9.84 Å². The molecule has 5 nitrogen and oxygen atoms in total. The quantitative estimate of drug-likeness (QED) is 0.649. The molecule has 2 fully saturated rings. The zero-order valence-corrected chi connectivity index (χ0v) is 11.7. The molecule has 0 unspecified atom stereocenters. The topological polar surface area (TPSA) is 75.3 Å². The van der Waals surface area contributed by atoms with Crippen molar-refractivity contribution < 1.29 is 13.2 Å². The number of amides is 1. The van der Waals surface area contributed by atoms with Gasteiger partial charge >= 0.3 is 0 Å². The van der Waals surface area contributed by atoms with Crippen LogP contribution in [0.3, 0.4) is 0 Å². The summed E-state index contributed by atoms with van der Waals surface area (Å²) in [5.41, 5.74) is -0.181. The molecule has 0 saturated heterocycles. The first-order valence-electron chi connectivity index (χ1n) is 6.54. The van der Waals surface area contributed by atoms with E-state index in [-0.39, 0.29) is 17.1 Å². The highest BCUT2D eigenvalue weighted by Gasteiger charge is 2.45. The highest BCUT2D eigenvalue weighted by molar-refractivity contribution is 7.90. The standard InChI is InChI=1S/C12H22N2O3S/c1-18(16,17)9-12(4-5-12)8-14-11(15)7-13-6-10-2-3-10/h10,13H,2-9H2,1H3,(H,14,15). The highest BCUT2D eigenvalue weighted by Crippen LogP contribution is 2.45. The summed E-state index contributed by atoms with van der Waals surface area (Å²) in [4.78, 5) is 11.6. The maximum Gasteiger partial charge on any atom is 0.233 e. The van der Waals surface area contributed by atoms with E-state index in [0.717, 1.165) is 25.3 Å². The predicted molar refractivity (Wildman–Crippen MR) is 70.0 cm³/mol. The molecule has 2 aliphatic rings. The van der Waals surface area contributed by atoms with Crippen molar-refractivity contribution in [1.82, 2.24) is 10.6 Å². The molecule has 0 bridgehead atoms. The van der Waals surface area contributed by atoms with Gasteiger partial charge in [0.05, 0.1) is 12.3 Å². The normalized spacial score (nSPS) is 21.6. The van der Waals surface area contributed by atoms with Crippen LogP contribution in [0.25, 0.3) is 0 Å². The number of carbonyl (C=O) groups is 1. The maximum absolute atomic E-state index is 11.6. The Balaban J connectivity index is 1.62. The van der Waals surface area contributed by atoms with Crippen LogP contribution in [0.5, 0.6) is 0 Å². The molecule has 0 atom stereocenters. The van der Waals surface area contributed by atoms with Crippen LogP contribution in [0, 0.1) is 11.3 Å². The lowest BCUT2D eigenvalue weighted by Crippen LogP contribution is -2.39. The Bertz CT molecular complexity index is 411. The second-order valence-electron chi connectivity index (χ2n) is 5.92. The molecule has 0 aliphatic heterocycles. The highest BCUT2D eigenvalue weighted by atomic mass is 32.2. The van der Waals surface area contributed by atoms with Crippen molar-refractivity contribution in [2.24, 2.45) is 11.3 Å². The molecule has 2 rings (SSSR count). The minimum Gasteiger partial charge on any atom is -0.354 e. The van der Waals surface area contributed by atoms with E-state index in [1.165, 1.54) is 19.1 Å². The number of sulfone groups is 1. The van der Waals surface area contributed by atoms with Gasteiger partial charge in [-0.1, -0.05) is 0 Å². The summed E-state index contributed by atoms with van der Waals surface area (Å²) in [6.45, 7) is 1.75. The first kappa shape index (κ1) is 13.8. The van der Waals surface area contributed by atoms with E-state index in [1.807, 2.05) is 0 Å². The summed E-state index contributed by atoms with van der Waals surface area (Å²) in [7, 11) is -2.95. The zero-order chi connectivity index (χ0) is 13.2. The summed E-state index contributed by atoms with van der Waals surface area (Å²) >= 11 is 0. The van der Waals surface area contributed by atoms with Gasteiger partial charge in [0.1, 0.15) is 9.84 Å². The molecule has 2 aliphatic carbocycles. The molecule has 1 amide bonds. The van der Waals surface area contributed by atoms with Gasteiger partial charge in [0.25, 0.3) is 0 Å². The van der Waals surface area contributed by atoms with Gasteiger partial charge in [-0.2, -0.15) is 0 Å². The average Bonchev–Trinajstić information content (AvgIpc) is 3.10. The van der Waals surface area contributed by atoms with Gasteiger partial charge < -0.3 is 10.6 Å². The third-order valence-corrected chi connectivity index (χ3v) is 4.74. The summed E-state index contributed by atoms with van der Waals surface area (Å²) < 4.78 is 22.5. The van der Waals surface area contributed by atoms with E-state index in [9.17, 15) is 13.2 Å². The number of nitrogens with one attached hydrogen (secondary N) is 2. The summed E-state index contributed by atoms with van der Waals surface area (Å²) in [5.74, 6) is 0.920. The van der Waals surface area contributed by atoms with Crippen molar-refractivity contribution in [1.29, 1.82) is 0 Å². The van der Waals surface area contributed by atoms with Crippen molar-refractivity contribution >= 4 is 15.7 Å². The minimum absolute atomic E-state index is 0.0320. The molecule has 0 aromatic rings. The van der Waals surface area contributed by atoms with E-state index in [4.69, 9.17) is 0 Å². The second kappa shape index (κ2) is 5.17. The second-order valence-corrected chi connectivity index (χ2v) is 8.06. The lowest BCUT2D eigenvalue weighted by molar-refractivity contribution is -0.120. The maximum atomic E-state index is 11.6. The van der Waals surface area contributed by atoms with Gasteiger partial charge in [-0.25, -0.2) is 8.42 Å². The third-order valence-electron chi connectivity index (χ3n) is 3.60. The molecule has 0 aromatic heterocycles. The molecule has 0 heterocycles. The first-order valence-corrected chi connectivity index (χ1v) is 8.60. The van der Waals surface area contributed by atoms with Crippen LogP contribution >= 0.6 is 0 Å². The van der Waals surface area contributed by atoms with Crippen LogP contribution in [0.15, 0.2) is 0 Å². The lowest BCUT2D eigenvalue weighted by atomic mass is 10.1. The Labute approximate surface area is 109 Å². The fourth-order valence-corrected chi connectivity index (χ4v) is 3.67. The number of hydrogen-bond donors (Lipinski definition) is 2. The van der Waals surface area contributed by atoms with Crippen molar-refractivity contribution in [2.45, 2.75) is 25.7 Å². The van der Waals surface area contributed by atoms with Gasteiger partial charge in [0.2, 0.25) is 5.91 Å². The van der Waals surface area contributed by atoms with Crippen molar-refractivity contribution in [3.8, 4) is 0 Å². The Morgan fingerprint density at radius 1 is 1.33 bits per heavy atom. The lowest BCUT2D eigenvalue weighted by Gasteiger charge is -2.15. The molecule has 104 valence electrons. The van der Waals surface area contributed by atoms with Gasteiger partial charge in [0.15, 0.2) is 0 Å². The average molecular weight is 274 g/mol. The van der Waals surface area contributed by atoms with Crippen LogP contribution in [-0.2, 0) is 14.6 Å². The van der Waals surface area contributed by atoms with E-state index >= 15 is 0 Å². The van der Waals surface area contributed by atoms with Gasteiger partial charge in [-0.3, -0.25) is 4.79 Å². The fourth-order valence-electron chi connectivity index (χ4n) is 2.17. The van der Waals surface area contributed by atoms with E-state index in [2.05, 4.69) is 10.6 Å². The zero-order valence-electron chi connectivity index (χ0n) is 10.9. The van der Waals surface area contributed by atoms with Crippen LogP contribution in [0.1, 0.15) is 25.7 Å². The molecular weight excluding hydrogens is 252 g/mol. The molecule has 2 N–H and O–H groups in total. The largest absolute Gasteiger partial charge is 0.354 e. The molecule has 0 aromatic carbocycles. The molecule has 0 radical (unpaired) electrons. The molecular formula is C12H22N2O3S. The van der Waals surface area contributed by atoms with Gasteiger partial charge in [-0.15, -0.1) is 0 Å². The predicted octanol–water partition coefficient (Wildman–Crippen LogP) is -0.0730. The van der Waals surface area contributed by atoms with Gasteiger partial charge in [0, 0.05) is 18.2 Å². The van der Waals surface area contributed by atoms with Crippen molar-refractivity contribution in [3.05, 3.63) is 0 Å². The van der Waals surface area contributed by atoms with Crippen molar-refractivity contribution in [2.75, 3.05) is 31.6 Å². The Hall–Kier alpha value is -0.620. The molecule has 18 heavy (non-hydrogen) atoms. The minimum atomic E-state index is -2.95. The Morgan fingerprint density at radius 3 is 2.50 bits per heavy atom. The summed E-state index contributed by atoms with van der Waals surface area (Å²) in [6, 6.07) is 0. The monoisotopic (exact) mass is 274 g/mol. The van der Waals surface area contributed by atoms with Crippen molar-refractivity contribution in [3.63, 3.8) is 0 Å². The summed E-state index contributed by atoms with van der Waals surface area (Å²) in [6.07, 6.45) is 5.59. The first-order chi connectivity index (χ1) is 8.39. The molecule has 2 saturated carbocycles. The van der Waals surface area contributed by atoms with Gasteiger partial charge in [-0.05, 0) is 38.1 Å². The number of hydrogen-bond acceptors (Lipinski definition) is 4. The SMILES string of the molecule is CS(=O)(=O)CC1(CNC(=O)CNCC2CC2)CC1. The van der Waals surface area contributed by atoms with E-state index in [1.54, 1.807) is 0 Å². The number of carbonyl (C=O) groups excluding carboxylic acids is 1. The Kier molecular flexibility index (Phi) is 3.96. The van der Waals surface area contributed by atoms with Crippen LogP contribution < -0.4 is 10.6 Å². The molecule has 6 heteroatoms. The smallest absolute Gasteiger partial charge is 0.233 e. The van der Waals surface area contributed by atoms with Crippen LogP contribution in [0.2, 0.25) is 0 Å². The van der Waals surface area contributed by atoms with Crippen LogP contribution in [0.4, 0.5) is 0 Å². The Morgan fingerprint density at radius 2 is 2.00 bits per heavy atom. The molecule has 0 spiro atoms. The fraction of sp³-hybridized carbons (Fsp3) is 0.917. The third kappa shape index (κ3) is 4.94. The number of rotatable bonds is 8. The summed E-state index contributed by atoms with van der Waals surface area (Å²) in [5, 5.41) is 5.96. The van der Waals surface area contributed by atoms with E-state index in [0.29, 0.717) is 13.1 Å².